The molecule has 3 heterocycles. The second-order valence-electron chi connectivity index (χ2n) is 8.69. The van der Waals surface area contributed by atoms with Gasteiger partial charge in [-0.15, -0.1) is 0 Å². The fraction of sp³-hybridized carbons (Fsp3) is 0.185. The number of carbonyl (C=O) groups excluding carboxylic acids is 2. The zero-order valence-electron chi connectivity index (χ0n) is 17.9. The lowest BCUT2D eigenvalue weighted by molar-refractivity contribution is -0.159. The average Bonchev–Trinajstić information content (AvgIpc) is 3.21. The smallest absolute Gasteiger partial charge is 0.246 e. The molecule has 0 aliphatic carbocycles. The van der Waals surface area contributed by atoms with Crippen LogP contribution in [0.5, 0.6) is 0 Å². The molecule has 5 nitrogen and oxygen atoms in total. The zero-order valence-corrected chi connectivity index (χ0v) is 19.5. The van der Waals surface area contributed by atoms with Crippen molar-refractivity contribution in [3.8, 4) is 0 Å². The predicted octanol–water partition coefficient (Wildman–Crippen LogP) is 4.82. The number of H-pyrrole nitrogens is 1. The highest BCUT2D eigenvalue weighted by molar-refractivity contribution is 9.10. The maximum absolute atomic E-state index is 13.7. The maximum Gasteiger partial charge on any atom is 0.246 e. The number of hydrogen-bond donors (Lipinski definition) is 1. The van der Waals surface area contributed by atoms with Gasteiger partial charge in [0.15, 0.2) is 0 Å². The van der Waals surface area contributed by atoms with Gasteiger partial charge in [-0.25, -0.2) is 0 Å². The number of hydrogen-bond acceptors (Lipinski definition) is 2. The summed E-state index contributed by atoms with van der Waals surface area (Å²) in [4.78, 5) is 34.4. The minimum absolute atomic E-state index is 0.00596. The molecule has 1 fully saturated rings. The minimum atomic E-state index is -0.529. The summed E-state index contributed by atoms with van der Waals surface area (Å²) in [5.41, 5.74) is 5.15. The summed E-state index contributed by atoms with van der Waals surface area (Å²) in [7, 11) is 0. The molecule has 6 rings (SSSR count). The molecule has 164 valence electrons. The van der Waals surface area contributed by atoms with E-state index in [1.165, 1.54) is 0 Å². The van der Waals surface area contributed by atoms with Crippen molar-refractivity contribution in [2.75, 3.05) is 6.54 Å². The lowest BCUT2D eigenvalue weighted by Gasteiger charge is -2.47. The second-order valence-corrected chi connectivity index (χ2v) is 9.54. The highest BCUT2D eigenvalue weighted by Crippen LogP contribution is 2.44. The number of nitrogens with zero attached hydrogens (tertiary/aromatic N) is 2. The van der Waals surface area contributed by atoms with E-state index in [2.05, 4.69) is 33.0 Å². The first-order chi connectivity index (χ1) is 16.1. The van der Waals surface area contributed by atoms with E-state index in [1.54, 1.807) is 4.90 Å². The number of para-hydroxylation sites is 1. The summed E-state index contributed by atoms with van der Waals surface area (Å²) in [6.45, 7) is 0.525. The van der Waals surface area contributed by atoms with E-state index in [4.69, 9.17) is 0 Å². The van der Waals surface area contributed by atoms with Crippen molar-refractivity contribution < 1.29 is 9.59 Å². The van der Waals surface area contributed by atoms with Crippen molar-refractivity contribution in [2.24, 2.45) is 0 Å². The van der Waals surface area contributed by atoms with E-state index < -0.39 is 6.04 Å². The maximum atomic E-state index is 13.7. The number of fused-ring (bicyclic) bond motifs is 4. The predicted molar refractivity (Wildman–Crippen MR) is 130 cm³/mol. The Balaban J connectivity index is 1.48. The molecule has 0 bridgehead atoms. The van der Waals surface area contributed by atoms with Crippen molar-refractivity contribution in [3.63, 3.8) is 0 Å². The van der Waals surface area contributed by atoms with Crippen molar-refractivity contribution in [3.05, 3.63) is 106 Å². The van der Waals surface area contributed by atoms with Crippen LogP contribution in [0.4, 0.5) is 0 Å². The van der Waals surface area contributed by atoms with Crippen LogP contribution in [0, 0.1) is 0 Å². The molecule has 2 amide bonds. The monoisotopic (exact) mass is 499 g/mol. The molecule has 0 radical (unpaired) electrons. The van der Waals surface area contributed by atoms with Crippen LogP contribution in [0.1, 0.15) is 28.4 Å². The third kappa shape index (κ3) is 3.28. The molecule has 1 aromatic heterocycles. The van der Waals surface area contributed by atoms with Gasteiger partial charge in [0.1, 0.15) is 12.6 Å². The fourth-order valence-corrected chi connectivity index (χ4v) is 5.78. The topological polar surface area (TPSA) is 56.4 Å². The van der Waals surface area contributed by atoms with Gasteiger partial charge < -0.3 is 14.8 Å². The fourth-order valence-electron chi connectivity index (χ4n) is 5.28. The molecule has 3 aromatic carbocycles. The Hall–Kier alpha value is -3.38. The Morgan fingerprint density at radius 1 is 0.909 bits per heavy atom. The van der Waals surface area contributed by atoms with Crippen molar-refractivity contribution in [1.82, 2.24) is 14.8 Å². The summed E-state index contributed by atoms with van der Waals surface area (Å²) < 4.78 is 0.923. The normalized spacial score (nSPS) is 20.2. The Kier molecular flexibility index (Phi) is 4.84. The van der Waals surface area contributed by atoms with Crippen molar-refractivity contribution in [2.45, 2.75) is 25.0 Å². The molecule has 2 aliphatic rings. The Bertz CT molecular complexity index is 1380. The summed E-state index contributed by atoms with van der Waals surface area (Å²) in [6.07, 6.45) is 0.510. The summed E-state index contributed by atoms with van der Waals surface area (Å²) >= 11 is 3.69. The van der Waals surface area contributed by atoms with E-state index in [-0.39, 0.29) is 24.4 Å². The van der Waals surface area contributed by atoms with Crippen LogP contribution in [-0.4, -0.2) is 39.2 Å². The summed E-state index contributed by atoms with van der Waals surface area (Å²) in [6, 6.07) is 25.1. The largest absolute Gasteiger partial charge is 0.356 e. The Morgan fingerprint density at radius 3 is 2.45 bits per heavy atom. The van der Waals surface area contributed by atoms with Crippen molar-refractivity contribution >= 4 is 38.6 Å². The number of nitrogens with one attached hydrogen (secondary N) is 1. The number of aromatic amines is 1. The van der Waals surface area contributed by atoms with E-state index in [0.717, 1.165) is 37.8 Å². The van der Waals surface area contributed by atoms with Gasteiger partial charge in [-0.2, -0.15) is 0 Å². The molecule has 33 heavy (non-hydrogen) atoms. The first kappa shape index (κ1) is 20.2. The van der Waals surface area contributed by atoms with Gasteiger partial charge >= 0.3 is 0 Å². The number of amides is 2. The van der Waals surface area contributed by atoms with E-state index in [0.29, 0.717) is 13.0 Å². The van der Waals surface area contributed by atoms with E-state index >= 15 is 0 Å². The minimum Gasteiger partial charge on any atom is -0.356 e. The van der Waals surface area contributed by atoms with Crippen LogP contribution >= 0.6 is 15.9 Å². The third-order valence-electron chi connectivity index (χ3n) is 6.76. The molecule has 0 spiro atoms. The Labute approximate surface area is 200 Å². The van der Waals surface area contributed by atoms with Crippen LogP contribution in [0.15, 0.2) is 83.3 Å². The highest BCUT2D eigenvalue weighted by Gasteiger charge is 2.48. The van der Waals surface area contributed by atoms with Crippen LogP contribution in [0.2, 0.25) is 0 Å². The van der Waals surface area contributed by atoms with Crippen LogP contribution in [0.25, 0.3) is 10.9 Å². The second kappa shape index (κ2) is 7.89. The molecule has 2 atom stereocenters. The quantitative estimate of drug-likeness (QED) is 0.439. The molecule has 1 saturated heterocycles. The molecule has 6 heteroatoms. The standard InChI is InChI=1S/C27H22BrN3O2/c28-21-12-6-4-11-19(21)26-25-20(18-10-5-7-13-22(18)29-25)14-23-27(33)30(16-24(32)31(23)26)15-17-8-2-1-3-9-17/h1-13,23,26,29H,14-16H2/t23-,26+/m0/s1. The van der Waals surface area contributed by atoms with Gasteiger partial charge in [-0.1, -0.05) is 82.7 Å². The van der Waals surface area contributed by atoms with Gasteiger partial charge in [-0.05, 0) is 28.8 Å². The Morgan fingerprint density at radius 2 is 1.64 bits per heavy atom. The molecular formula is C27H22BrN3O2. The number of halogens is 1. The number of rotatable bonds is 3. The van der Waals surface area contributed by atoms with Crippen LogP contribution < -0.4 is 0 Å². The average molecular weight is 500 g/mol. The summed E-state index contributed by atoms with van der Waals surface area (Å²) in [5, 5.41) is 1.12. The van der Waals surface area contributed by atoms with Crippen molar-refractivity contribution in [1.29, 1.82) is 0 Å². The number of carbonyl (C=O) groups is 2. The molecule has 0 unspecified atom stereocenters. The van der Waals surface area contributed by atoms with E-state index in [9.17, 15) is 9.59 Å². The first-order valence-corrected chi connectivity index (χ1v) is 11.9. The highest BCUT2D eigenvalue weighted by atomic mass is 79.9. The number of benzene rings is 3. The lowest BCUT2D eigenvalue weighted by atomic mass is 9.86. The number of aromatic nitrogens is 1. The first-order valence-electron chi connectivity index (χ1n) is 11.1. The summed E-state index contributed by atoms with van der Waals surface area (Å²) in [5.74, 6) is -0.0213. The van der Waals surface area contributed by atoms with Gasteiger partial charge in [0.2, 0.25) is 11.8 Å². The zero-order chi connectivity index (χ0) is 22.5. The third-order valence-corrected chi connectivity index (χ3v) is 7.48. The van der Waals surface area contributed by atoms with Crippen LogP contribution in [-0.2, 0) is 22.6 Å². The van der Waals surface area contributed by atoms with E-state index in [1.807, 2.05) is 71.6 Å². The molecule has 4 aromatic rings. The van der Waals surface area contributed by atoms with Crippen LogP contribution in [0.3, 0.4) is 0 Å². The van der Waals surface area contributed by atoms with Gasteiger partial charge in [0.25, 0.3) is 0 Å². The van der Waals surface area contributed by atoms with Gasteiger partial charge in [0.05, 0.1) is 6.04 Å². The molecule has 0 saturated carbocycles. The van der Waals surface area contributed by atoms with Gasteiger partial charge in [-0.3, -0.25) is 9.59 Å². The number of piperazine rings is 1. The molecule has 2 aliphatic heterocycles. The lowest BCUT2D eigenvalue weighted by Crippen LogP contribution is -2.62. The molecule has 1 N–H and O–H groups in total. The van der Waals surface area contributed by atoms with Gasteiger partial charge in [0, 0.05) is 34.0 Å². The molecular weight excluding hydrogens is 478 g/mol. The SMILES string of the molecule is O=C1[C@@H]2Cc3c([nH]c4ccccc34)[C@@H](c3ccccc3Br)N2C(=O)CN1Cc1ccccc1.